The van der Waals surface area contributed by atoms with Crippen LogP contribution in [0.1, 0.15) is 44.6 Å². The molecule has 0 bridgehead atoms. The predicted octanol–water partition coefficient (Wildman–Crippen LogP) is 4.15. The van der Waals surface area contributed by atoms with E-state index in [9.17, 15) is 10.1 Å². The van der Waals surface area contributed by atoms with Crippen molar-refractivity contribution >= 4 is 23.0 Å². The maximum Gasteiger partial charge on any atom is 0.353 e. The summed E-state index contributed by atoms with van der Waals surface area (Å²) in [5.41, 5.74) is 1.84. The van der Waals surface area contributed by atoms with E-state index in [-0.39, 0.29) is 17.3 Å². The molecule has 0 spiro atoms. The molecular weight excluding hydrogens is 356 g/mol. The van der Waals surface area contributed by atoms with Gasteiger partial charge in [-0.1, -0.05) is 32.4 Å². The van der Waals surface area contributed by atoms with Gasteiger partial charge in [-0.25, -0.2) is 9.97 Å². The first-order valence-electron chi connectivity index (χ1n) is 9.87. The number of benzene rings is 1. The lowest BCUT2D eigenvalue weighted by atomic mass is 10.0. The molecule has 1 fully saturated rings. The van der Waals surface area contributed by atoms with Crippen molar-refractivity contribution in [2.75, 3.05) is 36.8 Å². The van der Waals surface area contributed by atoms with Crippen LogP contribution >= 0.6 is 0 Å². The lowest BCUT2D eigenvalue weighted by Crippen LogP contribution is -2.33. The highest BCUT2D eigenvalue weighted by molar-refractivity contribution is 5.73. The van der Waals surface area contributed by atoms with Gasteiger partial charge < -0.3 is 15.5 Å². The van der Waals surface area contributed by atoms with Gasteiger partial charge in [0.05, 0.1) is 4.92 Å². The van der Waals surface area contributed by atoms with Gasteiger partial charge in [-0.15, -0.1) is 0 Å². The molecule has 8 nitrogen and oxygen atoms in total. The quantitative estimate of drug-likeness (QED) is 0.521. The zero-order valence-electron chi connectivity index (χ0n) is 16.5. The van der Waals surface area contributed by atoms with Gasteiger partial charge in [0.15, 0.2) is 0 Å². The van der Waals surface area contributed by atoms with E-state index in [2.05, 4.69) is 39.3 Å². The fourth-order valence-corrected chi connectivity index (χ4v) is 3.38. The van der Waals surface area contributed by atoms with Gasteiger partial charge in [0.1, 0.15) is 6.33 Å². The number of nitrogens with zero attached hydrogens (tertiary/aromatic N) is 4. The van der Waals surface area contributed by atoms with Crippen LogP contribution in [0.25, 0.3) is 0 Å². The Bertz CT molecular complexity index is 788. The molecule has 0 saturated carbocycles. The van der Waals surface area contributed by atoms with Gasteiger partial charge in [0, 0.05) is 18.8 Å². The Hall–Kier alpha value is -2.74. The van der Waals surface area contributed by atoms with E-state index in [1.165, 1.54) is 31.2 Å². The Kier molecular flexibility index (Phi) is 6.76. The number of likely N-dealkylation sites (tertiary alicyclic amines) is 1. The van der Waals surface area contributed by atoms with Gasteiger partial charge in [-0.3, -0.25) is 10.1 Å². The second-order valence-corrected chi connectivity index (χ2v) is 7.41. The van der Waals surface area contributed by atoms with Crippen LogP contribution in [-0.2, 0) is 0 Å². The summed E-state index contributed by atoms with van der Waals surface area (Å²) in [6, 6.07) is 7.84. The fraction of sp³-hybridized carbons (Fsp3) is 0.500. The molecule has 2 N–H and O–H groups in total. The molecule has 0 atom stereocenters. The van der Waals surface area contributed by atoms with Gasteiger partial charge in [0.25, 0.3) is 0 Å². The molecule has 28 heavy (non-hydrogen) atoms. The van der Waals surface area contributed by atoms with Crippen molar-refractivity contribution in [3.63, 3.8) is 0 Å². The summed E-state index contributed by atoms with van der Waals surface area (Å²) in [5, 5.41) is 17.9. The van der Waals surface area contributed by atoms with Crippen molar-refractivity contribution in [2.24, 2.45) is 0 Å². The third-order valence-electron chi connectivity index (χ3n) is 5.01. The lowest BCUT2D eigenvalue weighted by Gasteiger charge is -2.26. The number of rotatable bonds is 8. The molecule has 1 aromatic carbocycles. The molecule has 8 heteroatoms. The second kappa shape index (κ2) is 9.45. The van der Waals surface area contributed by atoms with Crippen molar-refractivity contribution in [2.45, 2.75) is 39.0 Å². The normalized spacial score (nSPS) is 14.8. The monoisotopic (exact) mass is 384 g/mol. The Labute approximate surface area is 165 Å². The minimum Gasteiger partial charge on any atom is -0.363 e. The van der Waals surface area contributed by atoms with Crippen molar-refractivity contribution in [3.8, 4) is 0 Å². The number of nitrogens with one attached hydrogen (secondary N) is 2. The van der Waals surface area contributed by atoms with E-state index < -0.39 is 4.92 Å². The van der Waals surface area contributed by atoms with Crippen LogP contribution in [0.5, 0.6) is 0 Å². The van der Waals surface area contributed by atoms with Crippen molar-refractivity contribution < 1.29 is 4.92 Å². The van der Waals surface area contributed by atoms with Crippen LogP contribution in [-0.4, -0.2) is 46.0 Å². The van der Waals surface area contributed by atoms with Crippen LogP contribution in [0.3, 0.4) is 0 Å². The molecule has 1 aliphatic rings. The van der Waals surface area contributed by atoms with E-state index in [1.54, 1.807) is 0 Å². The minimum atomic E-state index is -0.436. The summed E-state index contributed by atoms with van der Waals surface area (Å²) >= 11 is 0. The molecule has 1 aromatic heterocycles. The first kappa shape index (κ1) is 20.0. The molecule has 0 unspecified atom stereocenters. The summed E-state index contributed by atoms with van der Waals surface area (Å²) in [6.45, 7) is 7.89. The number of nitro groups is 1. The first-order valence-corrected chi connectivity index (χ1v) is 9.87. The maximum atomic E-state index is 11.7. The maximum absolute atomic E-state index is 11.7. The van der Waals surface area contributed by atoms with Crippen LogP contribution in [0.4, 0.5) is 23.0 Å². The third kappa shape index (κ3) is 5.16. The average Bonchev–Trinajstić information content (AvgIpc) is 2.69. The predicted molar refractivity (Wildman–Crippen MR) is 111 cm³/mol. The Balaban J connectivity index is 1.70. The molecule has 0 aliphatic carbocycles. The zero-order valence-corrected chi connectivity index (χ0v) is 16.5. The van der Waals surface area contributed by atoms with Crippen molar-refractivity contribution in [3.05, 3.63) is 46.3 Å². The second-order valence-electron chi connectivity index (χ2n) is 7.41. The van der Waals surface area contributed by atoms with E-state index in [1.807, 2.05) is 24.3 Å². The van der Waals surface area contributed by atoms with Gasteiger partial charge >= 0.3 is 5.69 Å². The van der Waals surface area contributed by atoms with Gasteiger partial charge in [0.2, 0.25) is 11.6 Å². The van der Waals surface area contributed by atoms with E-state index in [0.717, 1.165) is 25.3 Å². The molecule has 0 radical (unpaired) electrons. The van der Waals surface area contributed by atoms with Gasteiger partial charge in [-0.2, -0.15) is 0 Å². The molecule has 3 rings (SSSR count). The van der Waals surface area contributed by atoms with Crippen LogP contribution in [0, 0.1) is 10.1 Å². The molecule has 0 amide bonds. The van der Waals surface area contributed by atoms with Crippen LogP contribution in [0.15, 0.2) is 30.6 Å². The number of aromatic nitrogens is 2. The Morgan fingerprint density at radius 1 is 1.11 bits per heavy atom. The molecule has 2 heterocycles. The molecule has 150 valence electrons. The number of hydrogen-bond donors (Lipinski definition) is 2. The molecule has 2 aromatic rings. The Morgan fingerprint density at radius 2 is 1.79 bits per heavy atom. The molecular formula is C20H28N6O2. The highest BCUT2D eigenvalue weighted by Crippen LogP contribution is 2.31. The summed E-state index contributed by atoms with van der Waals surface area (Å²) in [4.78, 5) is 21.8. The summed E-state index contributed by atoms with van der Waals surface area (Å²) < 4.78 is 0. The van der Waals surface area contributed by atoms with Crippen LogP contribution in [0.2, 0.25) is 0 Å². The SMILES string of the molecule is CC(C)c1ccc(Nc2ncnc(NCCN3CCCCC3)c2[N+](=O)[O-])cc1. The largest absolute Gasteiger partial charge is 0.363 e. The van der Waals surface area contributed by atoms with Crippen molar-refractivity contribution in [1.82, 2.24) is 14.9 Å². The van der Waals surface area contributed by atoms with Crippen molar-refractivity contribution in [1.29, 1.82) is 0 Å². The topological polar surface area (TPSA) is 96.2 Å². The van der Waals surface area contributed by atoms with E-state index >= 15 is 0 Å². The van der Waals surface area contributed by atoms with Gasteiger partial charge in [-0.05, 0) is 49.5 Å². The third-order valence-corrected chi connectivity index (χ3v) is 5.01. The highest BCUT2D eigenvalue weighted by atomic mass is 16.6. The van der Waals surface area contributed by atoms with Crippen LogP contribution < -0.4 is 10.6 Å². The van der Waals surface area contributed by atoms with E-state index in [0.29, 0.717) is 12.5 Å². The smallest absolute Gasteiger partial charge is 0.353 e. The molecule has 1 aliphatic heterocycles. The number of anilines is 3. The highest BCUT2D eigenvalue weighted by Gasteiger charge is 2.23. The Morgan fingerprint density at radius 3 is 2.43 bits per heavy atom. The zero-order chi connectivity index (χ0) is 19.9. The lowest BCUT2D eigenvalue weighted by molar-refractivity contribution is -0.383. The summed E-state index contributed by atoms with van der Waals surface area (Å²) in [7, 11) is 0. The van der Waals surface area contributed by atoms with E-state index in [4.69, 9.17) is 0 Å². The number of hydrogen-bond acceptors (Lipinski definition) is 7. The minimum absolute atomic E-state index is 0.130. The summed E-state index contributed by atoms with van der Waals surface area (Å²) in [6.07, 6.45) is 5.07. The standard InChI is InChI=1S/C20H28N6O2/c1-15(2)16-6-8-17(9-7-16)24-20-18(26(27)28)19(22-14-23-20)21-10-13-25-11-4-3-5-12-25/h6-9,14-15H,3-5,10-13H2,1-2H3,(H2,21,22,23,24). The molecule has 1 saturated heterocycles. The summed E-state index contributed by atoms with van der Waals surface area (Å²) in [5.74, 6) is 0.870. The fourth-order valence-electron chi connectivity index (χ4n) is 3.38. The average molecular weight is 384 g/mol. The first-order chi connectivity index (χ1) is 13.5. The number of piperidine rings is 1.